The molecular formula is C16H16O3. The lowest BCUT2D eigenvalue weighted by molar-refractivity contribution is -0.143. The van der Waals surface area contributed by atoms with Crippen LogP contribution < -0.4 is 4.74 Å². The van der Waals surface area contributed by atoms with E-state index in [-0.39, 0.29) is 5.97 Å². The third-order valence-corrected chi connectivity index (χ3v) is 3.14. The van der Waals surface area contributed by atoms with Gasteiger partial charge in [-0.3, -0.25) is 4.79 Å². The number of allylic oxidation sites excluding steroid dienone is 4. The summed E-state index contributed by atoms with van der Waals surface area (Å²) >= 11 is 0. The van der Waals surface area contributed by atoms with Crippen LogP contribution in [0.15, 0.2) is 60.7 Å². The summed E-state index contributed by atoms with van der Waals surface area (Å²) < 4.78 is 10.1. The van der Waals surface area contributed by atoms with Gasteiger partial charge in [-0.25, -0.2) is 0 Å². The van der Waals surface area contributed by atoms with Crippen LogP contribution in [0.25, 0.3) is 0 Å². The van der Waals surface area contributed by atoms with E-state index in [0.29, 0.717) is 0 Å². The smallest absolute Gasteiger partial charge is 0.324 e. The van der Waals surface area contributed by atoms with Gasteiger partial charge in [0.1, 0.15) is 11.2 Å². The zero-order valence-corrected chi connectivity index (χ0v) is 11.0. The zero-order valence-electron chi connectivity index (χ0n) is 11.0. The highest BCUT2D eigenvalue weighted by Gasteiger charge is 2.36. The quantitative estimate of drug-likeness (QED) is 0.780. The van der Waals surface area contributed by atoms with Crippen molar-refractivity contribution in [3.8, 4) is 5.75 Å². The fraction of sp³-hybridized carbons (Fsp3) is 0.188. The van der Waals surface area contributed by atoms with Crippen LogP contribution in [0.2, 0.25) is 0 Å². The number of methoxy groups -OCH3 is 2. The van der Waals surface area contributed by atoms with Crippen molar-refractivity contribution in [2.75, 3.05) is 14.2 Å². The highest BCUT2D eigenvalue weighted by atomic mass is 16.5. The minimum Gasteiger partial charge on any atom is -0.497 e. The molecule has 98 valence electrons. The third-order valence-electron chi connectivity index (χ3n) is 3.14. The highest BCUT2D eigenvalue weighted by Crippen LogP contribution is 2.31. The van der Waals surface area contributed by atoms with E-state index in [1.807, 2.05) is 60.7 Å². The van der Waals surface area contributed by atoms with E-state index in [1.54, 1.807) is 7.11 Å². The maximum absolute atomic E-state index is 12.2. The zero-order chi connectivity index (χ0) is 13.7. The Labute approximate surface area is 112 Å². The summed E-state index contributed by atoms with van der Waals surface area (Å²) in [5, 5.41) is 0. The summed E-state index contributed by atoms with van der Waals surface area (Å²) in [4.78, 5) is 12.2. The van der Waals surface area contributed by atoms with Crippen LogP contribution in [0.5, 0.6) is 5.75 Å². The van der Waals surface area contributed by atoms with Gasteiger partial charge >= 0.3 is 5.97 Å². The van der Waals surface area contributed by atoms with Crippen molar-refractivity contribution >= 4 is 5.97 Å². The Morgan fingerprint density at radius 2 is 1.53 bits per heavy atom. The van der Waals surface area contributed by atoms with E-state index in [0.717, 1.165) is 11.3 Å². The lowest BCUT2D eigenvalue weighted by Gasteiger charge is -2.24. The Morgan fingerprint density at radius 3 is 2.00 bits per heavy atom. The fourth-order valence-corrected chi connectivity index (χ4v) is 2.08. The van der Waals surface area contributed by atoms with Crippen molar-refractivity contribution in [3.63, 3.8) is 0 Å². The molecule has 0 atom stereocenters. The van der Waals surface area contributed by atoms with Crippen LogP contribution in [0.4, 0.5) is 0 Å². The summed E-state index contributed by atoms with van der Waals surface area (Å²) in [5.74, 6) is 0.442. The summed E-state index contributed by atoms with van der Waals surface area (Å²) in [6.45, 7) is 0. The molecule has 1 aromatic carbocycles. The van der Waals surface area contributed by atoms with Gasteiger partial charge in [-0.1, -0.05) is 48.6 Å². The molecule has 1 aliphatic rings. The monoisotopic (exact) mass is 256 g/mol. The molecule has 0 amide bonds. The fourth-order valence-electron chi connectivity index (χ4n) is 2.08. The molecule has 0 N–H and O–H groups in total. The first kappa shape index (κ1) is 13.1. The second kappa shape index (κ2) is 5.57. The molecule has 2 rings (SSSR count). The number of ether oxygens (including phenoxy) is 2. The summed E-state index contributed by atoms with van der Waals surface area (Å²) in [6.07, 6.45) is 11.1. The molecule has 3 heteroatoms. The number of hydrogen-bond donors (Lipinski definition) is 0. The molecule has 0 saturated carbocycles. The van der Waals surface area contributed by atoms with E-state index >= 15 is 0 Å². The van der Waals surface area contributed by atoms with Crippen molar-refractivity contribution in [1.82, 2.24) is 0 Å². The molecule has 1 aliphatic carbocycles. The standard InChI is InChI=1S/C16H16O3/c1-18-14-9-7-13(8-10-14)16(15(17)19-2)11-5-3-4-6-12-16/h3-12H,1-2H3. The molecule has 0 aromatic heterocycles. The molecular weight excluding hydrogens is 240 g/mol. The number of rotatable bonds is 3. The number of esters is 1. The molecule has 0 heterocycles. The Balaban J connectivity index is 2.51. The number of hydrogen-bond acceptors (Lipinski definition) is 3. The van der Waals surface area contributed by atoms with E-state index in [2.05, 4.69) is 0 Å². The van der Waals surface area contributed by atoms with Gasteiger partial charge in [0.15, 0.2) is 0 Å². The first-order valence-electron chi connectivity index (χ1n) is 5.99. The van der Waals surface area contributed by atoms with Crippen molar-refractivity contribution < 1.29 is 14.3 Å². The molecule has 0 aliphatic heterocycles. The average Bonchev–Trinajstić information content (AvgIpc) is 2.73. The Hall–Kier alpha value is -2.29. The maximum atomic E-state index is 12.2. The Bertz CT molecular complexity index is 520. The highest BCUT2D eigenvalue weighted by molar-refractivity contribution is 5.88. The first-order valence-corrected chi connectivity index (χ1v) is 5.99. The van der Waals surface area contributed by atoms with E-state index in [9.17, 15) is 4.79 Å². The maximum Gasteiger partial charge on any atom is 0.324 e. The largest absolute Gasteiger partial charge is 0.497 e. The van der Waals surface area contributed by atoms with Gasteiger partial charge in [0.05, 0.1) is 14.2 Å². The second-order valence-electron chi connectivity index (χ2n) is 4.19. The average molecular weight is 256 g/mol. The molecule has 0 unspecified atom stereocenters. The van der Waals surface area contributed by atoms with Crippen molar-refractivity contribution in [3.05, 3.63) is 66.3 Å². The van der Waals surface area contributed by atoms with Crippen LogP contribution >= 0.6 is 0 Å². The molecule has 3 nitrogen and oxygen atoms in total. The molecule has 0 radical (unpaired) electrons. The minimum absolute atomic E-state index is 0.311. The lowest BCUT2D eigenvalue weighted by Crippen LogP contribution is -2.32. The molecule has 0 spiro atoms. The Morgan fingerprint density at radius 1 is 0.947 bits per heavy atom. The van der Waals surface area contributed by atoms with Gasteiger partial charge in [0, 0.05) is 0 Å². The van der Waals surface area contributed by atoms with Gasteiger partial charge in [-0.05, 0) is 17.7 Å². The molecule has 0 saturated heterocycles. The Kier molecular flexibility index (Phi) is 3.85. The molecule has 19 heavy (non-hydrogen) atoms. The van der Waals surface area contributed by atoms with Gasteiger partial charge < -0.3 is 9.47 Å². The third kappa shape index (κ3) is 2.45. The van der Waals surface area contributed by atoms with Crippen molar-refractivity contribution in [2.45, 2.75) is 5.41 Å². The lowest BCUT2D eigenvalue weighted by atomic mass is 9.80. The normalized spacial score (nSPS) is 15.9. The van der Waals surface area contributed by atoms with E-state index in [4.69, 9.17) is 9.47 Å². The topological polar surface area (TPSA) is 35.5 Å². The predicted octanol–water partition coefficient (Wildman–Crippen LogP) is 2.79. The van der Waals surface area contributed by atoms with Gasteiger partial charge in [-0.2, -0.15) is 0 Å². The minimum atomic E-state index is -0.884. The molecule has 1 aromatic rings. The van der Waals surface area contributed by atoms with Crippen molar-refractivity contribution in [1.29, 1.82) is 0 Å². The first-order chi connectivity index (χ1) is 9.23. The predicted molar refractivity (Wildman–Crippen MR) is 74.1 cm³/mol. The van der Waals surface area contributed by atoms with Crippen LogP contribution in [0.3, 0.4) is 0 Å². The van der Waals surface area contributed by atoms with Gasteiger partial charge in [0.2, 0.25) is 0 Å². The van der Waals surface area contributed by atoms with Crippen LogP contribution in [0.1, 0.15) is 5.56 Å². The van der Waals surface area contributed by atoms with Gasteiger partial charge in [0.25, 0.3) is 0 Å². The number of carbonyl (C=O) groups excluding carboxylic acids is 1. The van der Waals surface area contributed by atoms with E-state index < -0.39 is 5.41 Å². The van der Waals surface area contributed by atoms with E-state index in [1.165, 1.54) is 7.11 Å². The van der Waals surface area contributed by atoms with Crippen LogP contribution in [-0.4, -0.2) is 20.2 Å². The number of carbonyl (C=O) groups is 1. The summed E-state index contributed by atoms with van der Waals surface area (Å²) in [5.41, 5.74) is -0.0406. The van der Waals surface area contributed by atoms with Crippen molar-refractivity contribution in [2.24, 2.45) is 0 Å². The SMILES string of the molecule is COC(=O)C1(c2ccc(OC)cc2)C=CC=CC=C1. The second-order valence-corrected chi connectivity index (χ2v) is 4.19. The molecule has 0 bridgehead atoms. The molecule has 0 fully saturated rings. The van der Waals surface area contributed by atoms with Crippen LogP contribution in [-0.2, 0) is 14.9 Å². The summed E-state index contributed by atoms with van der Waals surface area (Å²) in [6, 6.07) is 7.41. The van der Waals surface area contributed by atoms with Crippen LogP contribution in [0, 0.1) is 0 Å². The van der Waals surface area contributed by atoms with Gasteiger partial charge in [-0.15, -0.1) is 0 Å². The number of benzene rings is 1. The summed E-state index contributed by atoms with van der Waals surface area (Å²) in [7, 11) is 3.01.